The van der Waals surface area contributed by atoms with E-state index in [1.165, 1.54) is 25.0 Å². The number of nitrogens with two attached hydrogens (primary N) is 4. The average Bonchev–Trinajstić information content (AvgIpc) is 3.71. The van der Waals surface area contributed by atoms with Gasteiger partial charge in [-0.3, -0.25) is 24.2 Å². The number of carboxylic acids is 1. The van der Waals surface area contributed by atoms with Crippen molar-refractivity contribution >= 4 is 35.6 Å². The number of unbranched alkanes of at least 4 members (excludes halogenated alkanes) is 1. The van der Waals surface area contributed by atoms with Crippen molar-refractivity contribution < 1.29 is 29.1 Å². The van der Waals surface area contributed by atoms with Crippen molar-refractivity contribution in [3.05, 3.63) is 36.4 Å². The molecule has 0 aliphatic rings. The van der Waals surface area contributed by atoms with E-state index < -0.39 is 60.3 Å². The monoisotopic (exact) mass is 633 g/mol. The number of carbonyl (C=O) groups excluding carboxylic acids is 4. The molecule has 4 atom stereocenters. The molecular formula is C26H43N13O6. The Hall–Kier alpha value is -5.04. The fourth-order valence-electron chi connectivity index (χ4n) is 4.16. The van der Waals surface area contributed by atoms with Gasteiger partial charge in [0.05, 0.1) is 25.2 Å². The van der Waals surface area contributed by atoms with Crippen LogP contribution in [0.3, 0.4) is 0 Å². The maximum atomic E-state index is 13.5. The van der Waals surface area contributed by atoms with Crippen molar-refractivity contribution in [3.8, 4) is 0 Å². The third-order valence-electron chi connectivity index (χ3n) is 6.53. The zero-order valence-corrected chi connectivity index (χ0v) is 24.8. The third kappa shape index (κ3) is 13.9. The summed E-state index contributed by atoms with van der Waals surface area (Å²) in [4.78, 5) is 80.9. The summed E-state index contributed by atoms with van der Waals surface area (Å²) in [6, 6.07) is -4.49. The Morgan fingerprint density at radius 1 is 0.822 bits per heavy atom. The number of nitrogens with zero attached hydrogens (tertiary/aromatic N) is 3. The average molecular weight is 634 g/mol. The molecule has 0 fully saturated rings. The SMILES string of the molecule is NCCCC[C@H](NC(=O)CNC(=O)[C@H](CCCN=C(N)N)NC(=O)[C@H](Cc1cnc[nH]1)NC(=O)[C@@H](N)Cc1cnc[nH]1)C(=O)O. The van der Waals surface area contributed by atoms with Gasteiger partial charge in [0, 0.05) is 43.2 Å². The molecule has 0 saturated carbocycles. The summed E-state index contributed by atoms with van der Waals surface area (Å²) in [6.45, 7) is -0.00406. The van der Waals surface area contributed by atoms with Crippen LogP contribution in [0.4, 0.5) is 0 Å². The molecule has 0 aliphatic heterocycles. The zero-order chi connectivity index (χ0) is 33.2. The fraction of sp³-hybridized carbons (Fsp3) is 0.538. The predicted molar refractivity (Wildman–Crippen MR) is 162 cm³/mol. The van der Waals surface area contributed by atoms with Gasteiger partial charge in [0.2, 0.25) is 23.6 Å². The van der Waals surface area contributed by atoms with Crippen LogP contribution >= 0.6 is 0 Å². The minimum absolute atomic E-state index is 0.000169. The summed E-state index contributed by atoms with van der Waals surface area (Å²) in [5.41, 5.74) is 23.4. The number of aliphatic carboxylic acids is 1. The van der Waals surface area contributed by atoms with Crippen LogP contribution in [0.15, 0.2) is 30.0 Å². The van der Waals surface area contributed by atoms with Crippen LogP contribution in [0, 0.1) is 0 Å². The van der Waals surface area contributed by atoms with Crippen LogP contribution in [-0.4, -0.2) is 104 Å². The first-order valence-corrected chi connectivity index (χ1v) is 14.4. The Bertz CT molecular complexity index is 1250. The summed E-state index contributed by atoms with van der Waals surface area (Å²) >= 11 is 0. The zero-order valence-electron chi connectivity index (χ0n) is 24.8. The number of guanidine groups is 1. The predicted octanol–water partition coefficient (Wildman–Crippen LogP) is -3.92. The number of nitrogens with one attached hydrogen (secondary N) is 6. The second-order valence-electron chi connectivity index (χ2n) is 10.2. The molecule has 0 bridgehead atoms. The number of aromatic amines is 2. The van der Waals surface area contributed by atoms with E-state index in [0.717, 1.165) is 0 Å². The Kier molecular flexibility index (Phi) is 15.5. The number of carbonyl (C=O) groups is 5. The first-order valence-electron chi connectivity index (χ1n) is 14.4. The molecule has 19 heteroatoms. The number of aliphatic imine (C=N–C) groups is 1. The number of amides is 4. The quantitative estimate of drug-likeness (QED) is 0.0357. The molecule has 2 rings (SSSR count). The second kappa shape index (κ2) is 19.3. The largest absolute Gasteiger partial charge is 0.480 e. The van der Waals surface area contributed by atoms with Crippen molar-refractivity contribution in [2.75, 3.05) is 19.6 Å². The standard InChI is InChI=1S/C26H43N13O6/c27-6-2-1-4-19(25(44)45)37-21(40)12-34-23(42)18(5-3-7-33-26(29)30)38-24(43)20(9-16-11-32-14-36-16)39-22(41)17(28)8-15-10-31-13-35-15/h10-11,13-14,17-20H,1-9,12,27-28H2,(H,31,35)(H,32,36)(H,34,42)(H,37,40)(H,38,43)(H,39,41)(H,44,45)(H4,29,30,33)/t17-,18-,19-,20-/m0/s1. The smallest absolute Gasteiger partial charge is 0.326 e. The Morgan fingerprint density at radius 2 is 1.44 bits per heavy atom. The van der Waals surface area contributed by atoms with Gasteiger partial charge < -0.3 is 59.3 Å². The molecule has 248 valence electrons. The lowest BCUT2D eigenvalue weighted by molar-refractivity contribution is -0.142. The maximum Gasteiger partial charge on any atom is 0.326 e. The van der Waals surface area contributed by atoms with Crippen LogP contribution in [-0.2, 0) is 36.8 Å². The lowest BCUT2D eigenvalue weighted by Gasteiger charge is -2.24. The van der Waals surface area contributed by atoms with Crippen molar-refractivity contribution in [3.63, 3.8) is 0 Å². The minimum atomic E-state index is -1.22. The summed E-state index contributed by atoms with van der Waals surface area (Å²) in [5.74, 6) is -4.14. The van der Waals surface area contributed by atoms with E-state index in [9.17, 15) is 29.1 Å². The normalized spacial score (nSPS) is 13.5. The van der Waals surface area contributed by atoms with Gasteiger partial charge in [0.25, 0.3) is 0 Å². The molecule has 19 nitrogen and oxygen atoms in total. The van der Waals surface area contributed by atoms with Gasteiger partial charge in [-0.1, -0.05) is 0 Å². The molecule has 0 spiro atoms. The molecule has 0 aliphatic carbocycles. The number of hydrogen-bond donors (Lipinski definition) is 11. The molecule has 0 aromatic carbocycles. The van der Waals surface area contributed by atoms with Gasteiger partial charge in [-0.2, -0.15) is 0 Å². The third-order valence-corrected chi connectivity index (χ3v) is 6.53. The highest BCUT2D eigenvalue weighted by atomic mass is 16.4. The van der Waals surface area contributed by atoms with Crippen LogP contribution < -0.4 is 44.2 Å². The van der Waals surface area contributed by atoms with E-state index in [2.05, 4.69) is 46.2 Å². The second-order valence-corrected chi connectivity index (χ2v) is 10.2. The van der Waals surface area contributed by atoms with Crippen LogP contribution in [0.1, 0.15) is 43.5 Å². The van der Waals surface area contributed by atoms with Gasteiger partial charge in [-0.15, -0.1) is 0 Å². The van der Waals surface area contributed by atoms with Crippen LogP contribution in [0.25, 0.3) is 0 Å². The van der Waals surface area contributed by atoms with E-state index in [-0.39, 0.29) is 44.6 Å². The number of carboxylic acid groups (broad SMARTS) is 1. The summed E-state index contributed by atoms with van der Waals surface area (Å²) in [7, 11) is 0. The molecule has 4 amide bonds. The number of imidazole rings is 2. The highest BCUT2D eigenvalue weighted by molar-refractivity contribution is 5.94. The van der Waals surface area contributed by atoms with Crippen LogP contribution in [0.5, 0.6) is 0 Å². The van der Waals surface area contributed by atoms with E-state index in [1.54, 1.807) is 0 Å². The molecule has 15 N–H and O–H groups in total. The topological polar surface area (TPSA) is 328 Å². The van der Waals surface area contributed by atoms with E-state index >= 15 is 0 Å². The summed E-state index contributed by atoms with van der Waals surface area (Å²) in [5, 5.41) is 19.4. The Labute approximate surface area is 259 Å². The summed E-state index contributed by atoms with van der Waals surface area (Å²) in [6.07, 6.45) is 7.60. The Morgan fingerprint density at radius 3 is 2.02 bits per heavy atom. The van der Waals surface area contributed by atoms with Gasteiger partial charge >= 0.3 is 5.97 Å². The first-order chi connectivity index (χ1) is 21.5. The van der Waals surface area contributed by atoms with Crippen LogP contribution in [0.2, 0.25) is 0 Å². The highest BCUT2D eigenvalue weighted by Crippen LogP contribution is 2.05. The lowest BCUT2D eigenvalue weighted by Crippen LogP contribution is -2.57. The first kappa shape index (κ1) is 36.2. The number of hydrogen-bond acceptors (Lipinski definition) is 10. The fourth-order valence-corrected chi connectivity index (χ4v) is 4.16. The van der Waals surface area contributed by atoms with E-state index in [1.807, 2.05) is 0 Å². The van der Waals surface area contributed by atoms with E-state index in [0.29, 0.717) is 30.8 Å². The molecular weight excluding hydrogens is 590 g/mol. The molecule has 0 unspecified atom stereocenters. The molecule has 0 radical (unpaired) electrons. The van der Waals surface area contributed by atoms with Gasteiger partial charge in [-0.25, -0.2) is 14.8 Å². The Balaban J connectivity index is 2.10. The van der Waals surface area contributed by atoms with Crippen molar-refractivity contribution in [1.82, 2.24) is 41.2 Å². The number of H-pyrrole nitrogens is 2. The van der Waals surface area contributed by atoms with Crippen molar-refractivity contribution in [1.29, 1.82) is 0 Å². The maximum absolute atomic E-state index is 13.5. The summed E-state index contributed by atoms with van der Waals surface area (Å²) < 4.78 is 0. The van der Waals surface area contributed by atoms with Gasteiger partial charge in [-0.05, 0) is 38.6 Å². The highest BCUT2D eigenvalue weighted by Gasteiger charge is 2.29. The molecule has 45 heavy (non-hydrogen) atoms. The lowest BCUT2D eigenvalue weighted by atomic mass is 10.1. The van der Waals surface area contributed by atoms with Gasteiger partial charge in [0.15, 0.2) is 5.96 Å². The molecule has 0 saturated heterocycles. The molecule has 2 aromatic rings. The van der Waals surface area contributed by atoms with Crippen molar-refractivity contribution in [2.24, 2.45) is 27.9 Å². The molecule has 2 aromatic heterocycles. The molecule has 2 heterocycles. The minimum Gasteiger partial charge on any atom is -0.480 e. The van der Waals surface area contributed by atoms with Gasteiger partial charge in [0.1, 0.15) is 18.1 Å². The number of aromatic nitrogens is 4. The number of rotatable bonds is 21. The van der Waals surface area contributed by atoms with Crippen molar-refractivity contribution in [2.45, 2.75) is 69.1 Å². The van der Waals surface area contributed by atoms with E-state index in [4.69, 9.17) is 22.9 Å².